The molecule has 0 aromatic heterocycles. The first kappa shape index (κ1) is 73.8. The molecule has 0 saturated heterocycles. The van der Waals surface area contributed by atoms with Gasteiger partial charge in [-0.2, -0.15) is 0 Å². The minimum absolute atomic E-state index is 0. The van der Waals surface area contributed by atoms with Crippen molar-refractivity contribution >= 4 is 50.8 Å². The first-order valence-corrected chi connectivity index (χ1v) is 27.8. The first-order chi connectivity index (χ1) is 25.4. The quantitative estimate of drug-likeness (QED) is 0.114. The van der Waals surface area contributed by atoms with Crippen molar-refractivity contribution in [2.24, 2.45) is 17.8 Å². The van der Waals surface area contributed by atoms with Crippen LogP contribution in [0.2, 0.25) is 18.1 Å². The van der Waals surface area contributed by atoms with Crippen molar-refractivity contribution < 1.29 is 80.8 Å². The summed E-state index contributed by atoms with van der Waals surface area (Å²) in [6.45, 7) is 14.1. The average molecular weight is 1040 g/mol. The van der Waals surface area contributed by atoms with Gasteiger partial charge >= 0.3 is 0 Å². The Kier molecular flexibility index (Phi) is 46.5. The van der Waals surface area contributed by atoms with E-state index >= 15 is 0 Å². The Labute approximate surface area is 383 Å². The molecule has 16 nitrogen and oxygen atoms in total. The van der Waals surface area contributed by atoms with Crippen molar-refractivity contribution in [3.05, 3.63) is 0 Å². The summed E-state index contributed by atoms with van der Waals surface area (Å²) in [4.78, 5) is 18.0. The molecular formula is C39H91N3O13PdS3Si. The number of aliphatic carboxylic acids is 2. The molecule has 21 heteroatoms. The van der Waals surface area contributed by atoms with Crippen molar-refractivity contribution in [2.45, 2.75) is 183 Å². The third-order valence-corrected chi connectivity index (χ3v) is 15.0. The maximum absolute atomic E-state index is 10.9. The second-order valence-corrected chi connectivity index (χ2v) is 25.8. The molecule has 0 heterocycles. The predicted octanol–water partition coefficient (Wildman–Crippen LogP) is 5.40. The third-order valence-electron chi connectivity index (χ3n) is 9.50. The SMILES string of the molecule is C.C.C.CC(=O)O.CC(=O)O.CC1(O)CCCC(CNS(C)(=O)=O)C1.CC1(O)CCCC(CNS(C)(=O)=O)C1.CC[SiH](CC)CC.CS(=O)(=O)NCC1CCCC(O)C1.[Pd]. The fourth-order valence-corrected chi connectivity index (χ4v) is 10.0. The molecule has 0 amide bonds. The molecule has 3 saturated carbocycles. The van der Waals surface area contributed by atoms with E-state index in [0.717, 1.165) is 96.8 Å². The fraction of sp³-hybridized carbons (Fsp3) is 0.949. The molecule has 0 radical (unpaired) electrons. The van der Waals surface area contributed by atoms with Gasteiger partial charge in [-0.05, 0) is 89.4 Å². The van der Waals surface area contributed by atoms with Crippen LogP contribution in [-0.4, -0.2) is 127 Å². The van der Waals surface area contributed by atoms with E-state index in [1.165, 1.54) is 18.1 Å². The number of carboxylic acids is 2. The minimum Gasteiger partial charge on any atom is -0.481 e. The van der Waals surface area contributed by atoms with Crippen LogP contribution in [0.25, 0.3) is 0 Å². The largest absolute Gasteiger partial charge is 0.481 e. The molecule has 8 N–H and O–H groups in total. The van der Waals surface area contributed by atoms with Crippen molar-refractivity contribution in [3.63, 3.8) is 0 Å². The van der Waals surface area contributed by atoms with Gasteiger partial charge in [0.1, 0.15) is 0 Å². The summed E-state index contributed by atoms with van der Waals surface area (Å²) in [5, 5.41) is 43.8. The Morgan fingerprint density at radius 3 is 1.08 bits per heavy atom. The van der Waals surface area contributed by atoms with Crippen molar-refractivity contribution in [3.8, 4) is 0 Å². The summed E-state index contributed by atoms with van der Waals surface area (Å²) in [7, 11) is -9.43. The minimum atomic E-state index is -3.09. The van der Waals surface area contributed by atoms with Gasteiger partial charge in [-0.15, -0.1) is 0 Å². The Morgan fingerprint density at radius 2 is 0.867 bits per heavy atom. The van der Waals surface area contributed by atoms with Crippen LogP contribution in [0.3, 0.4) is 0 Å². The molecule has 0 aliphatic heterocycles. The van der Waals surface area contributed by atoms with E-state index in [1.54, 1.807) is 0 Å². The molecule has 0 aromatic carbocycles. The van der Waals surface area contributed by atoms with Gasteiger partial charge in [-0.3, -0.25) is 9.59 Å². The average Bonchev–Trinajstić information content (AvgIpc) is 3.01. The number of hydrogen-bond donors (Lipinski definition) is 8. The van der Waals surface area contributed by atoms with Gasteiger partial charge in [0.25, 0.3) is 11.9 Å². The molecule has 3 aliphatic carbocycles. The normalized spacial score (nSPS) is 24.6. The van der Waals surface area contributed by atoms with Crippen LogP contribution in [0.4, 0.5) is 0 Å². The summed E-state index contributed by atoms with van der Waals surface area (Å²) < 4.78 is 72.5. The third kappa shape index (κ3) is 55.4. The van der Waals surface area contributed by atoms with Gasteiger partial charge in [0, 0.05) is 62.7 Å². The van der Waals surface area contributed by atoms with Crippen LogP contribution in [-0.2, 0) is 60.1 Å². The number of carbonyl (C=O) groups is 2. The molecule has 3 fully saturated rings. The summed E-state index contributed by atoms with van der Waals surface area (Å²) in [5.41, 5.74) is -1.22. The molecule has 0 aromatic rings. The van der Waals surface area contributed by atoms with E-state index in [2.05, 4.69) is 34.9 Å². The van der Waals surface area contributed by atoms with Gasteiger partial charge in [0.15, 0.2) is 0 Å². The Bertz CT molecular complexity index is 1320. The molecule has 0 bridgehead atoms. The molecule has 3 aliphatic rings. The summed E-state index contributed by atoms with van der Waals surface area (Å²) in [6.07, 6.45) is 13.8. The maximum atomic E-state index is 10.9. The van der Waals surface area contributed by atoms with Crippen LogP contribution in [0.5, 0.6) is 0 Å². The van der Waals surface area contributed by atoms with Crippen molar-refractivity contribution in [1.82, 2.24) is 14.2 Å². The van der Waals surface area contributed by atoms with Crippen molar-refractivity contribution in [2.75, 3.05) is 38.4 Å². The van der Waals surface area contributed by atoms with Crippen LogP contribution in [0, 0.1) is 17.8 Å². The number of hydrogen-bond acceptors (Lipinski definition) is 11. The molecule has 6 unspecified atom stereocenters. The van der Waals surface area contributed by atoms with Crippen LogP contribution in [0.1, 0.15) is 148 Å². The Hall–Kier alpha value is -0.571. The zero-order chi connectivity index (χ0) is 44.4. The van der Waals surface area contributed by atoms with Crippen LogP contribution >= 0.6 is 0 Å². The van der Waals surface area contributed by atoms with E-state index in [1.807, 2.05) is 13.8 Å². The smallest absolute Gasteiger partial charge is 0.300 e. The van der Waals surface area contributed by atoms with Crippen LogP contribution in [0.15, 0.2) is 0 Å². The van der Waals surface area contributed by atoms with Gasteiger partial charge < -0.3 is 25.5 Å². The molecule has 0 spiro atoms. The number of sulfonamides is 3. The molecule has 60 heavy (non-hydrogen) atoms. The Balaban J connectivity index is -0.000000117. The summed E-state index contributed by atoms with van der Waals surface area (Å²) >= 11 is 0. The zero-order valence-electron chi connectivity index (χ0n) is 36.2. The Morgan fingerprint density at radius 1 is 0.600 bits per heavy atom. The second-order valence-electron chi connectivity index (χ2n) is 16.1. The van der Waals surface area contributed by atoms with E-state index in [4.69, 9.17) is 19.8 Å². The van der Waals surface area contributed by atoms with E-state index < -0.39 is 53.2 Å². The molecule has 3 rings (SSSR count). The standard InChI is InChI=1S/2C9H19NO3S.C8H17NO3S.C6H16Si.2C2H4O2.3CH4.Pd/c2*1-9(11)5-3-4-8(6-9)7-10-14(2,12)13;1-13(11,12)9-6-7-3-2-4-8(10)5-7;1-4-7(5-2)6-3;2*1-2(3)4;;;;/h2*8,10-11H,3-7H2,1-2H3;7-10H,2-6H2,1H3;7H,4-6H2,1-3H3;2*1H3,(H,3,4);3*1H4;. The van der Waals surface area contributed by atoms with Gasteiger partial charge in [-0.1, -0.05) is 80.4 Å². The number of nitrogens with one attached hydrogen (secondary N) is 3. The van der Waals surface area contributed by atoms with Crippen molar-refractivity contribution in [1.29, 1.82) is 0 Å². The maximum Gasteiger partial charge on any atom is 0.300 e. The molecule has 372 valence electrons. The summed E-state index contributed by atoms with van der Waals surface area (Å²) in [5.74, 6) is -0.819. The van der Waals surface area contributed by atoms with E-state index in [0.29, 0.717) is 38.4 Å². The van der Waals surface area contributed by atoms with E-state index in [-0.39, 0.29) is 69.4 Å². The van der Waals surface area contributed by atoms with Gasteiger partial charge in [0.2, 0.25) is 30.1 Å². The number of carboxylic acid groups (broad SMARTS) is 2. The van der Waals surface area contributed by atoms with Crippen LogP contribution < -0.4 is 14.2 Å². The first-order valence-electron chi connectivity index (χ1n) is 19.7. The zero-order valence-corrected chi connectivity index (χ0v) is 41.3. The fourth-order valence-electron chi connectivity index (χ4n) is 6.67. The summed E-state index contributed by atoms with van der Waals surface area (Å²) in [6, 6.07) is 4.48. The number of aliphatic hydroxyl groups is 3. The second kappa shape index (κ2) is 37.8. The molecule has 6 atom stereocenters. The predicted molar refractivity (Wildman–Crippen MR) is 247 cm³/mol. The van der Waals surface area contributed by atoms with E-state index in [9.17, 15) is 40.6 Å². The van der Waals surface area contributed by atoms with Gasteiger partial charge in [0.05, 0.1) is 36.1 Å². The number of aliphatic hydroxyl groups excluding tert-OH is 1. The number of rotatable bonds is 12. The topological polar surface area (TPSA) is 274 Å². The van der Waals surface area contributed by atoms with Gasteiger partial charge in [-0.25, -0.2) is 39.4 Å². The molecular weight excluding hydrogens is 949 g/mol. The monoisotopic (exact) mass is 1040 g/mol.